The number of nitrogens with two attached hydrogens (primary N) is 3. The third-order valence-corrected chi connectivity index (χ3v) is 10.6. The molecule has 2 aliphatic rings. The number of amides is 5. The number of carbonyl (C=O) groups excluding carboxylic acids is 5. The molecule has 6 aromatic rings. The van der Waals surface area contributed by atoms with Crippen LogP contribution in [0.4, 0.5) is 32.1 Å². The molecule has 2 aliphatic heterocycles. The zero-order chi connectivity index (χ0) is 47.0. The van der Waals surface area contributed by atoms with Gasteiger partial charge in [-0.3, -0.25) is 40.3 Å². The van der Waals surface area contributed by atoms with Crippen LogP contribution >= 0.6 is 0 Å². The van der Waals surface area contributed by atoms with Gasteiger partial charge in [0.1, 0.15) is 46.3 Å². The fraction of sp³-hybridized carbons (Fsp3) is 0.225. The number of fused-ring (bicyclic) bond motifs is 2. The summed E-state index contributed by atoms with van der Waals surface area (Å²) in [6, 6.07) is 15.7. The minimum atomic E-state index is -1.78. The summed E-state index contributed by atoms with van der Waals surface area (Å²) in [7, 11) is 2.89. The third-order valence-electron chi connectivity index (χ3n) is 10.6. The molecule has 0 spiro atoms. The molecule has 0 saturated carbocycles. The van der Waals surface area contributed by atoms with Gasteiger partial charge in [-0.05, 0) is 26.0 Å². The van der Waals surface area contributed by atoms with E-state index in [1.54, 1.807) is 48.5 Å². The van der Waals surface area contributed by atoms with Crippen LogP contribution in [0.1, 0.15) is 43.0 Å². The number of nitrogens with zero attached hydrogens (tertiary/aromatic N) is 8. The fourth-order valence-corrected chi connectivity index (χ4v) is 7.04. The Kier molecular flexibility index (Phi) is 11.8. The van der Waals surface area contributed by atoms with Gasteiger partial charge in [-0.15, -0.1) is 0 Å². The highest BCUT2D eigenvalue weighted by Crippen LogP contribution is 2.42. The molecule has 8 rings (SSSR count). The minimum Gasteiger partial charge on any atom is -0.481 e. The van der Waals surface area contributed by atoms with E-state index in [0.717, 1.165) is 0 Å². The molecule has 0 saturated heterocycles. The molecule has 6 heterocycles. The van der Waals surface area contributed by atoms with Crippen molar-refractivity contribution in [2.75, 3.05) is 36.3 Å². The molecule has 0 radical (unpaired) electrons. The summed E-state index contributed by atoms with van der Waals surface area (Å²) < 4.78 is 41.7. The number of halogens is 2. The maximum absolute atomic E-state index is 14.1. The van der Waals surface area contributed by atoms with E-state index in [1.165, 1.54) is 56.5 Å². The highest BCUT2D eigenvalue weighted by Gasteiger charge is 2.53. The normalized spacial score (nSPS) is 16.9. The van der Waals surface area contributed by atoms with Gasteiger partial charge in [-0.1, -0.05) is 36.4 Å². The topological polar surface area (TPSA) is 329 Å². The number of hydrazine groups is 2. The summed E-state index contributed by atoms with van der Waals surface area (Å²) in [4.78, 5) is 78.3. The molecule has 0 fully saturated rings. The first-order chi connectivity index (χ1) is 30.9. The van der Waals surface area contributed by atoms with Crippen molar-refractivity contribution < 1.29 is 42.2 Å². The van der Waals surface area contributed by atoms with Gasteiger partial charge in [0.15, 0.2) is 22.5 Å². The van der Waals surface area contributed by atoms with Gasteiger partial charge in [0.05, 0.1) is 38.4 Å². The van der Waals surface area contributed by atoms with E-state index >= 15 is 0 Å². The van der Waals surface area contributed by atoms with Crippen molar-refractivity contribution in [3.05, 3.63) is 94.6 Å². The van der Waals surface area contributed by atoms with E-state index in [9.17, 15) is 32.8 Å². The fourth-order valence-electron chi connectivity index (χ4n) is 7.04. The van der Waals surface area contributed by atoms with Crippen LogP contribution in [0.2, 0.25) is 0 Å². The van der Waals surface area contributed by atoms with Crippen molar-refractivity contribution >= 4 is 52.8 Å². The number of nitrogen functional groups attached to an aromatic ring is 2. The lowest BCUT2D eigenvalue weighted by atomic mass is 9.83. The Morgan fingerprint density at radius 2 is 1.11 bits per heavy atom. The van der Waals surface area contributed by atoms with Gasteiger partial charge < -0.3 is 31.6 Å². The molecule has 25 heteroatoms. The first-order valence-electron chi connectivity index (χ1n) is 19.2. The molecule has 2 unspecified atom stereocenters. The number of hydrogen-bond donors (Lipinski definition) is 8. The van der Waals surface area contributed by atoms with Crippen LogP contribution in [0.5, 0.6) is 11.8 Å². The zero-order valence-electron chi connectivity index (χ0n) is 35.1. The molecule has 0 bridgehead atoms. The summed E-state index contributed by atoms with van der Waals surface area (Å²) in [5.41, 5.74) is 16.6. The highest BCUT2D eigenvalue weighted by atomic mass is 19.1. The van der Waals surface area contributed by atoms with Crippen LogP contribution in [-0.4, -0.2) is 83.3 Å². The number of methoxy groups -OCH3 is 2. The van der Waals surface area contributed by atoms with Crippen LogP contribution in [0, 0.1) is 11.6 Å². The maximum atomic E-state index is 14.1. The van der Waals surface area contributed by atoms with Gasteiger partial charge in [-0.25, -0.2) is 43.9 Å². The molecule has 2 aromatic carbocycles. The highest BCUT2D eigenvalue weighted by molar-refractivity contribution is 6.21. The van der Waals surface area contributed by atoms with Gasteiger partial charge in [0.2, 0.25) is 29.5 Å². The Labute approximate surface area is 366 Å². The Hall–Kier alpha value is -8.61. The Morgan fingerprint density at radius 3 is 1.49 bits per heavy atom. The van der Waals surface area contributed by atoms with E-state index in [1.807, 2.05) is 5.43 Å². The van der Waals surface area contributed by atoms with Crippen LogP contribution in [0.3, 0.4) is 0 Å². The molecule has 11 N–H and O–H groups in total. The monoisotopic (exact) mass is 894 g/mol. The Bertz CT molecular complexity index is 2920. The average molecular weight is 895 g/mol. The molecular weight excluding hydrogens is 855 g/mol. The molecule has 0 aliphatic carbocycles. The molecule has 65 heavy (non-hydrogen) atoms. The maximum Gasteiger partial charge on any atom is 0.258 e. The van der Waals surface area contributed by atoms with Crippen molar-refractivity contribution in [3.63, 3.8) is 0 Å². The van der Waals surface area contributed by atoms with Crippen LogP contribution in [0.15, 0.2) is 60.7 Å². The lowest BCUT2D eigenvalue weighted by Gasteiger charge is -2.21. The number of hydrogen-bond acceptors (Lipinski definition) is 16. The van der Waals surface area contributed by atoms with Gasteiger partial charge >= 0.3 is 0 Å². The quantitative estimate of drug-likeness (QED) is 0.0408. The first kappa shape index (κ1) is 44.4. The number of carbonyl (C=O) groups is 5. The third kappa shape index (κ3) is 8.01. The summed E-state index contributed by atoms with van der Waals surface area (Å²) in [6.07, 6.45) is 0. The van der Waals surface area contributed by atoms with Crippen molar-refractivity contribution in [3.8, 4) is 34.8 Å². The van der Waals surface area contributed by atoms with E-state index in [4.69, 9.17) is 26.8 Å². The predicted octanol–water partition coefficient (Wildman–Crippen LogP) is 0.813. The van der Waals surface area contributed by atoms with Crippen molar-refractivity contribution in [2.45, 2.75) is 44.7 Å². The second-order valence-electron chi connectivity index (χ2n) is 14.7. The second kappa shape index (κ2) is 17.3. The zero-order valence-corrected chi connectivity index (χ0v) is 35.1. The van der Waals surface area contributed by atoms with Crippen LogP contribution < -0.4 is 53.7 Å². The summed E-state index contributed by atoms with van der Waals surface area (Å²) >= 11 is 0. The summed E-state index contributed by atoms with van der Waals surface area (Å²) in [5, 5.41) is 13.9. The number of nitrogens with one attached hydrogen (secondary N) is 5. The van der Waals surface area contributed by atoms with Gasteiger partial charge in [0, 0.05) is 30.2 Å². The van der Waals surface area contributed by atoms with Crippen molar-refractivity contribution in [2.24, 2.45) is 5.84 Å². The molecule has 336 valence electrons. The van der Waals surface area contributed by atoms with E-state index in [-0.39, 0.29) is 82.2 Å². The van der Waals surface area contributed by atoms with Crippen LogP contribution in [-0.2, 0) is 47.9 Å². The minimum absolute atomic E-state index is 0.0376. The molecular formula is C40H40F2N16O7. The molecule has 2 atom stereocenters. The smallest absolute Gasteiger partial charge is 0.258 e. The van der Waals surface area contributed by atoms with E-state index < -0.39 is 40.4 Å². The SMILES string of the molecule is COc1cc(-c2nc(N)c3c(n2)NC(=O)C3(C)C(=O)NN)nn1Cc1ccccc1F.COc1cc(-c2nc(N)c3c(n2)NC(=O)C3(C)C(=O)NNC(C)=O)nn1Cc1ccccc1F. The lowest BCUT2D eigenvalue weighted by molar-refractivity contribution is -0.136. The lowest BCUT2D eigenvalue weighted by Crippen LogP contribution is -2.52. The predicted molar refractivity (Wildman–Crippen MR) is 226 cm³/mol. The number of benzene rings is 2. The van der Waals surface area contributed by atoms with E-state index in [2.05, 4.69) is 51.6 Å². The largest absolute Gasteiger partial charge is 0.481 e. The molecule has 5 amide bonds. The number of rotatable bonds is 10. The van der Waals surface area contributed by atoms with Gasteiger partial charge in [-0.2, -0.15) is 10.2 Å². The molecule has 4 aromatic heterocycles. The number of ether oxygens (including phenoxy) is 2. The standard InChI is InChI=1S/C21H21FN8O4.C19H19FN8O3/c1-10(31)27-28-20(33)21(2)15-16(23)24-17(25-18(15)26-19(21)32)13-8-14(34-3)30(29-13)9-11-6-4-5-7-12(11)22;1-19(18(30)26-22)13-14(21)23-15(24-16(13)25-17(19)29)11-7-12(31-2)28(27-11)8-9-5-3-4-6-10(9)20/h4-8H,9H2,1-3H3,(H,27,31)(H,28,33)(H3,23,24,25,26,32);3-7H,8,22H2,1-2H3,(H,26,30)(H3,21,23,24,25,29). The summed E-state index contributed by atoms with van der Waals surface area (Å²) in [6.45, 7) is 4.13. The number of aromatic nitrogens is 8. The second-order valence-corrected chi connectivity index (χ2v) is 14.7. The average Bonchev–Trinajstić information content (AvgIpc) is 4.02. The molecule has 23 nitrogen and oxygen atoms in total. The van der Waals surface area contributed by atoms with E-state index in [0.29, 0.717) is 22.9 Å². The Balaban J connectivity index is 0.000000195. The Morgan fingerprint density at radius 1 is 0.692 bits per heavy atom. The first-order valence-corrected chi connectivity index (χ1v) is 19.2. The van der Waals surface area contributed by atoms with Gasteiger partial charge in [0.25, 0.3) is 11.8 Å². The number of anilines is 4. The van der Waals surface area contributed by atoms with Crippen molar-refractivity contribution in [1.82, 2.24) is 55.8 Å². The summed E-state index contributed by atoms with van der Waals surface area (Å²) in [5.74, 6) is 1.81. The van der Waals surface area contributed by atoms with Crippen LogP contribution in [0.25, 0.3) is 23.0 Å². The van der Waals surface area contributed by atoms with Crippen molar-refractivity contribution in [1.29, 1.82) is 0 Å².